The predicted molar refractivity (Wildman–Crippen MR) is 67.5 cm³/mol. The molecule has 1 aromatic carbocycles. The zero-order valence-electron chi connectivity index (χ0n) is 10.6. The lowest BCUT2D eigenvalue weighted by Crippen LogP contribution is -2.33. The molecule has 2 heteroatoms. The van der Waals surface area contributed by atoms with Gasteiger partial charge in [-0.05, 0) is 38.3 Å². The molecule has 0 saturated heterocycles. The Bertz CT molecular complexity index is 371. The molecule has 0 heterocycles. The first-order valence-corrected chi connectivity index (χ1v) is 5.88. The van der Waals surface area contributed by atoms with E-state index in [1.54, 1.807) is 0 Å². The second kappa shape index (κ2) is 5.69. The van der Waals surface area contributed by atoms with Crippen LogP contribution in [0.4, 0.5) is 0 Å². The van der Waals surface area contributed by atoms with Crippen LogP contribution in [0.15, 0.2) is 18.2 Å². The smallest absolute Gasteiger partial charge is 0.224 e. The molecule has 0 aromatic heterocycles. The minimum Gasteiger partial charge on any atom is -0.353 e. The fraction of sp³-hybridized carbons (Fsp3) is 0.500. The van der Waals surface area contributed by atoms with Gasteiger partial charge in [-0.15, -0.1) is 0 Å². The Balaban J connectivity index is 2.63. The van der Waals surface area contributed by atoms with E-state index < -0.39 is 0 Å². The van der Waals surface area contributed by atoms with Crippen LogP contribution >= 0.6 is 0 Å². The van der Waals surface area contributed by atoms with Gasteiger partial charge in [0.25, 0.3) is 0 Å². The number of hydrogen-bond acceptors (Lipinski definition) is 1. The first-order valence-electron chi connectivity index (χ1n) is 5.88. The third-order valence-corrected chi connectivity index (χ3v) is 2.87. The molecule has 2 nitrogen and oxygen atoms in total. The van der Waals surface area contributed by atoms with Crippen molar-refractivity contribution in [2.24, 2.45) is 0 Å². The third kappa shape index (κ3) is 3.69. The third-order valence-electron chi connectivity index (χ3n) is 2.87. The van der Waals surface area contributed by atoms with Gasteiger partial charge in [-0.1, -0.05) is 30.7 Å². The van der Waals surface area contributed by atoms with Crippen molar-refractivity contribution in [2.75, 3.05) is 0 Å². The van der Waals surface area contributed by atoms with E-state index in [4.69, 9.17) is 0 Å². The summed E-state index contributed by atoms with van der Waals surface area (Å²) in [6.07, 6.45) is 1.45. The van der Waals surface area contributed by atoms with Crippen molar-refractivity contribution in [3.8, 4) is 0 Å². The molecule has 0 aliphatic rings. The molecule has 0 radical (unpaired) electrons. The summed E-state index contributed by atoms with van der Waals surface area (Å²) in [4.78, 5) is 11.7. The molecule has 1 amide bonds. The molecule has 88 valence electrons. The summed E-state index contributed by atoms with van der Waals surface area (Å²) in [5.74, 6) is 0.112. The molecule has 16 heavy (non-hydrogen) atoms. The van der Waals surface area contributed by atoms with Crippen LogP contribution in [0.5, 0.6) is 0 Å². The highest BCUT2D eigenvalue weighted by Gasteiger charge is 2.08. The number of rotatable bonds is 4. The van der Waals surface area contributed by atoms with Crippen molar-refractivity contribution in [2.45, 2.75) is 46.6 Å². The molecule has 1 aromatic rings. The summed E-state index contributed by atoms with van der Waals surface area (Å²) >= 11 is 0. The van der Waals surface area contributed by atoms with Crippen molar-refractivity contribution in [1.29, 1.82) is 0 Å². The monoisotopic (exact) mass is 219 g/mol. The molecule has 0 bridgehead atoms. The second-order valence-electron chi connectivity index (χ2n) is 4.48. The fourth-order valence-electron chi connectivity index (χ4n) is 1.65. The first kappa shape index (κ1) is 12.8. The Morgan fingerprint density at radius 3 is 2.62 bits per heavy atom. The van der Waals surface area contributed by atoms with Crippen LogP contribution < -0.4 is 5.32 Å². The number of hydrogen-bond donors (Lipinski definition) is 1. The topological polar surface area (TPSA) is 29.1 Å². The van der Waals surface area contributed by atoms with Crippen molar-refractivity contribution in [1.82, 2.24) is 5.32 Å². The summed E-state index contributed by atoms with van der Waals surface area (Å²) < 4.78 is 0. The van der Waals surface area contributed by atoms with E-state index in [9.17, 15) is 4.79 Å². The molecule has 1 N–H and O–H groups in total. The average molecular weight is 219 g/mol. The number of benzene rings is 1. The Morgan fingerprint density at radius 1 is 1.38 bits per heavy atom. The second-order valence-corrected chi connectivity index (χ2v) is 4.48. The Labute approximate surface area is 98.1 Å². The van der Waals surface area contributed by atoms with Crippen molar-refractivity contribution >= 4 is 5.91 Å². The van der Waals surface area contributed by atoms with Crippen LogP contribution in [0.2, 0.25) is 0 Å². The maximum atomic E-state index is 11.7. The molecule has 1 rings (SSSR count). The van der Waals surface area contributed by atoms with Gasteiger partial charge in [0.15, 0.2) is 0 Å². The zero-order chi connectivity index (χ0) is 12.1. The molecule has 0 saturated carbocycles. The predicted octanol–water partition coefficient (Wildman–Crippen LogP) is 2.76. The minimum atomic E-state index is 0.112. The Kier molecular flexibility index (Phi) is 4.53. The molecular weight excluding hydrogens is 198 g/mol. The lowest BCUT2D eigenvalue weighted by Gasteiger charge is -2.12. The average Bonchev–Trinajstić information content (AvgIpc) is 2.22. The van der Waals surface area contributed by atoms with Gasteiger partial charge in [0, 0.05) is 6.04 Å². The van der Waals surface area contributed by atoms with E-state index in [1.165, 1.54) is 11.1 Å². The molecule has 0 aliphatic carbocycles. The maximum absolute atomic E-state index is 11.7. The molecule has 0 aliphatic heterocycles. The fourth-order valence-corrected chi connectivity index (χ4v) is 1.65. The van der Waals surface area contributed by atoms with Gasteiger partial charge in [-0.25, -0.2) is 0 Å². The molecular formula is C14H21NO. The summed E-state index contributed by atoms with van der Waals surface area (Å²) in [7, 11) is 0. The van der Waals surface area contributed by atoms with Crippen LogP contribution in [-0.4, -0.2) is 11.9 Å². The van der Waals surface area contributed by atoms with Crippen LogP contribution in [0.3, 0.4) is 0 Å². The highest BCUT2D eigenvalue weighted by molar-refractivity contribution is 5.79. The van der Waals surface area contributed by atoms with Gasteiger partial charge in [-0.3, -0.25) is 4.79 Å². The normalized spacial score (nSPS) is 12.2. The van der Waals surface area contributed by atoms with E-state index in [0.29, 0.717) is 6.42 Å². The minimum absolute atomic E-state index is 0.112. The van der Waals surface area contributed by atoms with E-state index in [1.807, 2.05) is 13.0 Å². The number of carbonyl (C=O) groups is 1. The summed E-state index contributed by atoms with van der Waals surface area (Å²) in [6, 6.07) is 6.48. The molecule has 1 atom stereocenters. The Hall–Kier alpha value is -1.31. The highest BCUT2D eigenvalue weighted by Crippen LogP contribution is 2.11. The largest absolute Gasteiger partial charge is 0.353 e. The first-order chi connectivity index (χ1) is 7.52. The van der Waals surface area contributed by atoms with Gasteiger partial charge in [-0.2, -0.15) is 0 Å². The lowest BCUT2D eigenvalue weighted by molar-refractivity contribution is -0.121. The number of amides is 1. The van der Waals surface area contributed by atoms with Gasteiger partial charge < -0.3 is 5.32 Å². The van der Waals surface area contributed by atoms with Gasteiger partial charge in [0.1, 0.15) is 0 Å². The van der Waals surface area contributed by atoms with Crippen molar-refractivity contribution in [3.05, 3.63) is 34.9 Å². The quantitative estimate of drug-likeness (QED) is 0.829. The highest BCUT2D eigenvalue weighted by atomic mass is 16.1. The summed E-state index contributed by atoms with van der Waals surface area (Å²) in [5.41, 5.74) is 3.55. The summed E-state index contributed by atoms with van der Waals surface area (Å²) in [6.45, 7) is 8.22. The number of aryl methyl sites for hydroxylation is 2. The summed E-state index contributed by atoms with van der Waals surface area (Å²) in [5, 5.41) is 2.98. The van der Waals surface area contributed by atoms with E-state index in [0.717, 1.165) is 12.0 Å². The maximum Gasteiger partial charge on any atom is 0.224 e. The zero-order valence-corrected chi connectivity index (χ0v) is 10.6. The number of nitrogens with one attached hydrogen (secondary N) is 1. The van der Waals surface area contributed by atoms with E-state index >= 15 is 0 Å². The number of carbonyl (C=O) groups excluding carboxylic acids is 1. The van der Waals surface area contributed by atoms with Crippen molar-refractivity contribution in [3.63, 3.8) is 0 Å². The Morgan fingerprint density at radius 2 is 2.06 bits per heavy atom. The van der Waals surface area contributed by atoms with Crippen LogP contribution in [0, 0.1) is 13.8 Å². The SMILES string of the molecule is CC[C@H](C)NC(=O)Cc1ccc(C)cc1C. The van der Waals surface area contributed by atoms with Crippen molar-refractivity contribution < 1.29 is 4.79 Å². The van der Waals surface area contributed by atoms with Gasteiger partial charge in [0.2, 0.25) is 5.91 Å². The van der Waals surface area contributed by atoms with E-state index in [2.05, 4.69) is 38.2 Å². The van der Waals surface area contributed by atoms with E-state index in [-0.39, 0.29) is 11.9 Å². The van der Waals surface area contributed by atoms with Crippen LogP contribution in [0.25, 0.3) is 0 Å². The van der Waals surface area contributed by atoms with Gasteiger partial charge >= 0.3 is 0 Å². The van der Waals surface area contributed by atoms with Crippen LogP contribution in [0.1, 0.15) is 37.0 Å². The molecule has 0 unspecified atom stereocenters. The molecule has 0 fully saturated rings. The standard InChI is InChI=1S/C14H21NO/c1-5-12(4)15-14(16)9-13-7-6-10(2)8-11(13)3/h6-8,12H,5,9H2,1-4H3,(H,15,16)/t12-/m0/s1. The molecule has 0 spiro atoms. The van der Waals surface area contributed by atoms with Gasteiger partial charge in [0.05, 0.1) is 6.42 Å². The van der Waals surface area contributed by atoms with Crippen LogP contribution in [-0.2, 0) is 11.2 Å². The lowest BCUT2D eigenvalue weighted by atomic mass is 10.0.